The van der Waals surface area contributed by atoms with Crippen LogP contribution < -0.4 is 4.74 Å². The lowest BCUT2D eigenvalue weighted by atomic mass is 9.81. The Hall–Kier alpha value is -3.20. The van der Waals surface area contributed by atoms with E-state index in [1.165, 1.54) is 0 Å². The molecule has 0 saturated heterocycles. The van der Waals surface area contributed by atoms with Crippen molar-refractivity contribution in [1.29, 1.82) is 0 Å². The van der Waals surface area contributed by atoms with Crippen LogP contribution in [-0.4, -0.2) is 47.4 Å². The SMILES string of the molecule is CC(C)(C)OC(=O)N1Cc2cc(C3(Cl)CCC(Oc4ncccn4)CC3)ccc2-n2cnnc2C1. The van der Waals surface area contributed by atoms with E-state index in [1.807, 2.05) is 31.4 Å². The Bertz CT molecular complexity index is 1200. The first-order chi connectivity index (χ1) is 16.7. The lowest BCUT2D eigenvalue weighted by molar-refractivity contribution is 0.0214. The van der Waals surface area contributed by atoms with Crippen molar-refractivity contribution in [3.05, 3.63) is 59.9 Å². The number of benzene rings is 1. The summed E-state index contributed by atoms with van der Waals surface area (Å²) in [5.41, 5.74) is 2.36. The molecule has 0 spiro atoms. The molecular weight excluding hydrogens is 468 g/mol. The number of carbonyl (C=O) groups excluding carboxylic acids is 1. The smallest absolute Gasteiger partial charge is 0.411 e. The van der Waals surface area contributed by atoms with Crippen LogP contribution in [0, 0.1) is 0 Å². The summed E-state index contributed by atoms with van der Waals surface area (Å²) in [6.45, 7) is 6.28. The second kappa shape index (κ2) is 9.11. The average molecular weight is 497 g/mol. The Balaban J connectivity index is 1.37. The normalized spacial score (nSPS) is 22.1. The van der Waals surface area contributed by atoms with Crippen LogP contribution >= 0.6 is 11.6 Å². The maximum Gasteiger partial charge on any atom is 0.411 e. The Morgan fingerprint density at radius 1 is 1.14 bits per heavy atom. The van der Waals surface area contributed by atoms with Crippen LogP contribution in [-0.2, 0) is 22.7 Å². The molecule has 1 amide bonds. The summed E-state index contributed by atoms with van der Waals surface area (Å²) in [5, 5.41) is 8.29. The van der Waals surface area contributed by atoms with Crippen molar-refractivity contribution in [2.75, 3.05) is 0 Å². The van der Waals surface area contributed by atoms with Gasteiger partial charge in [-0.15, -0.1) is 21.8 Å². The lowest BCUT2D eigenvalue weighted by Gasteiger charge is -2.36. The molecule has 1 fully saturated rings. The van der Waals surface area contributed by atoms with Crippen molar-refractivity contribution in [3.8, 4) is 11.7 Å². The maximum absolute atomic E-state index is 12.9. The molecule has 1 saturated carbocycles. The van der Waals surface area contributed by atoms with E-state index in [1.54, 1.807) is 29.7 Å². The van der Waals surface area contributed by atoms with E-state index >= 15 is 0 Å². The Morgan fingerprint density at radius 3 is 2.60 bits per heavy atom. The zero-order valence-electron chi connectivity index (χ0n) is 20.1. The van der Waals surface area contributed by atoms with Gasteiger partial charge in [-0.1, -0.05) is 12.1 Å². The van der Waals surface area contributed by atoms with E-state index in [0.717, 1.165) is 42.5 Å². The topological polar surface area (TPSA) is 95.3 Å². The van der Waals surface area contributed by atoms with Gasteiger partial charge in [0, 0.05) is 12.4 Å². The quantitative estimate of drug-likeness (QED) is 0.482. The molecule has 0 bridgehead atoms. The molecule has 1 aliphatic heterocycles. The van der Waals surface area contributed by atoms with Gasteiger partial charge in [0.2, 0.25) is 0 Å². The van der Waals surface area contributed by atoms with Crippen LogP contribution in [0.2, 0.25) is 0 Å². The van der Waals surface area contributed by atoms with Crippen LogP contribution in [0.15, 0.2) is 43.0 Å². The fourth-order valence-electron chi connectivity index (χ4n) is 4.63. The summed E-state index contributed by atoms with van der Waals surface area (Å²) in [7, 11) is 0. The van der Waals surface area contributed by atoms with Gasteiger partial charge in [0.05, 0.1) is 23.7 Å². The Kier molecular flexibility index (Phi) is 6.13. The van der Waals surface area contributed by atoms with Crippen molar-refractivity contribution in [2.45, 2.75) is 76.1 Å². The summed E-state index contributed by atoms with van der Waals surface area (Å²) < 4.78 is 13.5. The molecule has 5 rings (SSSR count). The summed E-state index contributed by atoms with van der Waals surface area (Å²) in [6, 6.07) is 8.39. The summed E-state index contributed by atoms with van der Waals surface area (Å²) >= 11 is 7.19. The first-order valence-corrected chi connectivity index (χ1v) is 12.2. The van der Waals surface area contributed by atoms with Gasteiger partial charge in [0.25, 0.3) is 0 Å². The molecule has 184 valence electrons. The van der Waals surface area contributed by atoms with E-state index in [0.29, 0.717) is 24.9 Å². The summed E-state index contributed by atoms with van der Waals surface area (Å²) in [4.78, 5) is 22.4. The number of fused-ring (bicyclic) bond motifs is 3. The van der Waals surface area contributed by atoms with E-state index in [-0.39, 0.29) is 12.2 Å². The zero-order chi connectivity index (χ0) is 24.6. The number of rotatable bonds is 3. The number of aromatic nitrogens is 5. The van der Waals surface area contributed by atoms with E-state index < -0.39 is 10.5 Å². The van der Waals surface area contributed by atoms with Gasteiger partial charge in [-0.25, -0.2) is 14.8 Å². The van der Waals surface area contributed by atoms with Crippen molar-refractivity contribution >= 4 is 17.7 Å². The Morgan fingerprint density at radius 2 is 1.89 bits per heavy atom. The molecule has 1 aliphatic carbocycles. The number of halogens is 1. The molecule has 9 nitrogen and oxygen atoms in total. The minimum atomic E-state index is -0.590. The highest BCUT2D eigenvalue weighted by atomic mass is 35.5. The summed E-state index contributed by atoms with van der Waals surface area (Å²) in [6.07, 6.45) is 7.81. The molecular formula is C25H29ClN6O3. The number of amides is 1. The molecule has 10 heteroatoms. The molecule has 0 radical (unpaired) electrons. The third-order valence-electron chi connectivity index (χ3n) is 6.36. The van der Waals surface area contributed by atoms with Crippen LogP contribution in [0.25, 0.3) is 5.69 Å². The first-order valence-electron chi connectivity index (χ1n) is 11.8. The number of nitrogens with zero attached hydrogens (tertiary/aromatic N) is 6. The average Bonchev–Trinajstić information content (AvgIpc) is 3.21. The van der Waals surface area contributed by atoms with E-state index in [4.69, 9.17) is 21.1 Å². The number of ether oxygens (including phenoxy) is 2. The van der Waals surface area contributed by atoms with E-state index in [9.17, 15) is 4.79 Å². The molecule has 2 aliphatic rings. The fraction of sp³-hybridized carbons (Fsp3) is 0.480. The molecule has 3 heterocycles. The monoisotopic (exact) mass is 496 g/mol. The molecule has 35 heavy (non-hydrogen) atoms. The van der Waals surface area contributed by atoms with Gasteiger partial charge in [-0.2, -0.15) is 0 Å². The number of hydrogen-bond acceptors (Lipinski definition) is 7. The van der Waals surface area contributed by atoms with Gasteiger partial charge in [-0.05, 0) is 69.7 Å². The summed E-state index contributed by atoms with van der Waals surface area (Å²) in [5.74, 6) is 0.684. The van der Waals surface area contributed by atoms with Gasteiger partial charge >= 0.3 is 12.1 Å². The third kappa shape index (κ3) is 5.10. The molecule has 3 aromatic rings. The predicted octanol–water partition coefficient (Wildman–Crippen LogP) is 4.76. The van der Waals surface area contributed by atoms with E-state index in [2.05, 4.69) is 32.3 Å². The maximum atomic E-state index is 12.9. The highest BCUT2D eigenvalue weighted by molar-refractivity contribution is 6.24. The standard InChI is InChI=1S/C25H29ClN6O3/c1-24(2,3)35-23(33)31-14-17-13-18(5-6-20(17)32-16-29-30-21(32)15-31)25(26)9-7-19(8-10-25)34-22-27-11-4-12-28-22/h4-6,11-13,16,19H,7-10,14-15H2,1-3H3. The van der Waals surface area contributed by atoms with Gasteiger partial charge < -0.3 is 9.47 Å². The molecule has 0 unspecified atom stereocenters. The highest BCUT2D eigenvalue weighted by Gasteiger charge is 2.37. The number of alkyl halides is 1. The van der Waals surface area contributed by atoms with Gasteiger partial charge in [0.1, 0.15) is 18.0 Å². The van der Waals surface area contributed by atoms with Crippen molar-refractivity contribution < 1.29 is 14.3 Å². The van der Waals surface area contributed by atoms with Crippen molar-refractivity contribution in [1.82, 2.24) is 29.6 Å². The van der Waals surface area contributed by atoms with Crippen molar-refractivity contribution in [3.63, 3.8) is 0 Å². The number of hydrogen-bond donors (Lipinski definition) is 0. The molecule has 0 atom stereocenters. The third-order valence-corrected chi connectivity index (χ3v) is 6.96. The van der Waals surface area contributed by atoms with Gasteiger partial charge in [0.15, 0.2) is 5.82 Å². The zero-order valence-corrected chi connectivity index (χ0v) is 20.9. The minimum Gasteiger partial charge on any atom is -0.460 e. The molecule has 2 aromatic heterocycles. The van der Waals surface area contributed by atoms with Crippen LogP contribution in [0.3, 0.4) is 0 Å². The van der Waals surface area contributed by atoms with Crippen LogP contribution in [0.1, 0.15) is 63.4 Å². The second-order valence-electron chi connectivity index (χ2n) is 10.1. The molecule has 1 aromatic carbocycles. The largest absolute Gasteiger partial charge is 0.460 e. The van der Waals surface area contributed by atoms with Crippen molar-refractivity contribution in [2.24, 2.45) is 0 Å². The highest BCUT2D eigenvalue weighted by Crippen LogP contribution is 2.44. The lowest BCUT2D eigenvalue weighted by Crippen LogP contribution is -2.36. The number of carbonyl (C=O) groups is 1. The predicted molar refractivity (Wildman–Crippen MR) is 129 cm³/mol. The Labute approximate surface area is 209 Å². The fourth-order valence-corrected chi connectivity index (χ4v) is 4.97. The van der Waals surface area contributed by atoms with Crippen LogP contribution in [0.5, 0.6) is 6.01 Å². The molecule has 0 N–H and O–H groups in total. The van der Waals surface area contributed by atoms with Gasteiger partial charge in [-0.3, -0.25) is 9.47 Å². The first kappa shape index (κ1) is 23.5. The minimum absolute atomic E-state index is 0.0346. The van der Waals surface area contributed by atoms with Crippen LogP contribution in [0.4, 0.5) is 4.79 Å². The second-order valence-corrected chi connectivity index (χ2v) is 10.8.